The molecule has 1 aromatic carbocycles. The molecular weight excluding hydrogens is 266 g/mol. The van der Waals surface area contributed by atoms with E-state index in [0.717, 1.165) is 30.2 Å². The topological polar surface area (TPSA) is 48.3 Å². The van der Waals surface area contributed by atoms with Crippen LogP contribution >= 0.6 is 0 Å². The van der Waals surface area contributed by atoms with Crippen LogP contribution in [0, 0.1) is 0 Å². The van der Waals surface area contributed by atoms with Gasteiger partial charge in [-0.2, -0.15) is 0 Å². The summed E-state index contributed by atoms with van der Waals surface area (Å²) in [4.78, 5) is 23.2. The van der Waals surface area contributed by atoms with Crippen LogP contribution in [-0.2, 0) is 16.1 Å². The third-order valence-corrected chi connectivity index (χ3v) is 3.47. The number of carbonyl (C=O) groups is 1. The smallest absolute Gasteiger partial charge is 0.305 e. The number of rotatable bonds is 7. The van der Waals surface area contributed by atoms with Crippen molar-refractivity contribution in [3.05, 3.63) is 46.8 Å². The van der Waals surface area contributed by atoms with Crippen molar-refractivity contribution in [1.29, 1.82) is 0 Å². The second-order valence-corrected chi connectivity index (χ2v) is 5.00. The number of para-hydroxylation sites is 1. The van der Waals surface area contributed by atoms with Crippen molar-refractivity contribution in [3.63, 3.8) is 0 Å². The van der Waals surface area contributed by atoms with Gasteiger partial charge >= 0.3 is 5.97 Å². The number of carbonyl (C=O) groups excluding carboxylic acids is 1. The largest absolute Gasteiger partial charge is 0.466 e. The molecule has 0 saturated carbocycles. The molecule has 2 rings (SSSR count). The van der Waals surface area contributed by atoms with Gasteiger partial charge in [0.15, 0.2) is 0 Å². The van der Waals surface area contributed by atoms with E-state index in [9.17, 15) is 9.59 Å². The minimum absolute atomic E-state index is 0.0269. The summed E-state index contributed by atoms with van der Waals surface area (Å²) >= 11 is 0. The molecule has 4 nitrogen and oxygen atoms in total. The summed E-state index contributed by atoms with van der Waals surface area (Å²) in [6.07, 6.45) is 3.05. The standard InChI is InChI=1S/C17H21NO3/c1-2-21-17(20)10-4-3-7-13-18-15-9-6-5-8-14(15)11-12-16(18)19/h5-6,8-9,11-12H,2-4,7,10,13H2,1H3. The number of unbranched alkanes of at least 4 members (excludes halogenated alkanes) is 2. The van der Waals surface area contributed by atoms with E-state index in [-0.39, 0.29) is 11.5 Å². The van der Waals surface area contributed by atoms with Gasteiger partial charge in [-0.15, -0.1) is 0 Å². The van der Waals surface area contributed by atoms with E-state index in [4.69, 9.17) is 4.74 Å². The number of pyridine rings is 1. The molecule has 0 aliphatic heterocycles. The molecule has 0 atom stereocenters. The third kappa shape index (κ3) is 4.18. The van der Waals surface area contributed by atoms with E-state index in [1.165, 1.54) is 0 Å². The number of aromatic nitrogens is 1. The van der Waals surface area contributed by atoms with E-state index < -0.39 is 0 Å². The van der Waals surface area contributed by atoms with Crippen LogP contribution in [0.5, 0.6) is 0 Å². The summed E-state index contributed by atoms with van der Waals surface area (Å²) in [5, 5.41) is 1.07. The molecule has 1 aromatic heterocycles. The highest BCUT2D eigenvalue weighted by Crippen LogP contribution is 2.12. The van der Waals surface area contributed by atoms with Gasteiger partial charge in [0.05, 0.1) is 12.1 Å². The molecule has 0 amide bonds. The maximum absolute atomic E-state index is 12.0. The number of fused-ring (bicyclic) bond motifs is 1. The van der Waals surface area contributed by atoms with Crippen LogP contribution in [0.3, 0.4) is 0 Å². The molecule has 0 aliphatic carbocycles. The molecule has 1 heterocycles. The summed E-state index contributed by atoms with van der Waals surface area (Å²) < 4.78 is 6.69. The molecule has 0 N–H and O–H groups in total. The lowest BCUT2D eigenvalue weighted by Crippen LogP contribution is -2.19. The van der Waals surface area contributed by atoms with E-state index in [1.54, 1.807) is 10.6 Å². The van der Waals surface area contributed by atoms with Gasteiger partial charge in [-0.25, -0.2) is 0 Å². The lowest BCUT2D eigenvalue weighted by Gasteiger charge is -2.09. The molecule has 2 aromatic rings. The highest BCUT2D eigenvalue weighted by Gasteiger charge is 2.04. The Labute approximate surface area is 124 Å². The first-order valence-electron chi connectivity index (χ1n) is 7.46. The average molecular weight is 287 g/mol. The van der Waals surface area contributed by atoms with Crippen molar-refractivity contribution >= 4 is 16.9 Å². The molecule has 0 unspecified atom stereocenters. The van der Waals surface area contributed by atoms with Gasteiger partial charge in [0.1, 0.15) is 0 Å². The van der Waals surface area contributed by atoms with Crippen LogP contribution in [0.4, 0.5) is 0 Å². The van der Waals surface area contributed by atoms with E-state index in [0.29, 0.717) is 19.6 Å². The SMILES string of the molecule is CCOC(=O)CCCCCn1c(=O)ccc2ccccc21. The van der Waals surface area contributed by atoms with Gasteiger partial charge in [0.2, 0.25) is 0 Å². The summed E-state index contributed by atoms with van der Waals surface area (Å²) in [7, 11) is 0. The van der Waals surface area contributed by atoms with Gasteiger partial charge in [0, 0.05) is 19.0 Å². The molecule has 0 aliphatic rings. The van der Waals surface area contributed by atoms with Crippen LogP contribution < -0.4 is 5.56 Å². The molecule has 0 fully saturated rings. The zero-order valence-electron chi connectivity index (χ0n) is 12.4. The number of ether oxygens (including phenoxy) is 1. The van der Waals surface area contributed by atoms with Crippen LogP contribution in [0.25, 0.3) is 10.9 Å². The first kappa shape index (κ1) is 15.3. The Morgan fingerprint density at radius 3 is 2.71 bits per heavy atom. The van der Waals surface area contributed by atoms with Gasteiger partial charge < -0.3 is 9.30 Å². The van der Waals surface area contributed by atoms with Crippen molar-refractivity contribution in [2.75, 3.05) is 6.61 Å². The number of hydrogen-bond donors (Lipinski definition) is 0. The Balaban J connectivity index is 1.90. The fourth-order valence-electron chi connectivity index (χ4n) is 2.42. The van der Waals surface area contributed by atoms with Crippen molar-refractivity contribution in [2.45, 2.75) is 39.2 Å². The van der Waals surface area contributed by atoms with E-state index in [1.807, 2.05) is 37.3 Å². The minimum Gasteiger partial charge on any atom is -0.466 e. The minimum atomic E-state index is -0.139. The number of aryl methyl sites for hydroxylation is 1. The van der Waals surface area contributed by atoms with Gasteiger partial charge in [-0.3, -0.25) is 9.59 Å². The van der Waals surface area contributed by atoms with Crippen molar-refractivity contribution in [2.24, 2.45) is 0 Å². The molecule has 0 radical (unpaired) electrons. The highest BCUT2D eigenvalue weighted by molar-refractivity contribution is 5.78. The summed E-state index contributed by atoms with van der Waals surface area (Å²) in [6.45, 7) is 2.93. The zero-order valence-corrected chi connectivity index (χ0v) is 12.4. The maximum atomic E-state index is 12.0. The van der Waals surface area contributed by atoms with E-state index >= 15 is 0 Å². The molecule has 0 spiro atoms. The highest BCUT2D eigenvalue weighted by atomic mass is 16.5. The fourth-order valence-corrected chi connectivity index (χ4v) is 2.42. The predicted octanol–water partition coefficient (Wildman–Crippen LogP) is 3.13. The Morgan fingerprint density at radius 1 is 1.10 bits per heavy atom. The number of esters is 1. The molecule has 4 heteroatoms. The first-order valence-corrected chi connectivity index (χ1v) is 7.46. The quantitative estimate of drug-likeness (QED) is 0.580. The molecule has 112 valence electrons. The zero-order chi connectivity index (χ0) is 15.1. The number of benzene rings is 1. The number of nitrogens with zero attached hydrogens (tertiary/aromatic N) is 1. The van der Waals surface area contributed by atoms with Gasteiger partial charge in [-0.1, -0.05) is 24.6 Å². The third-order valence-electron chi connectivity index (χ3n) is 3.47. The van der Waals surface area contributed by atoms with Gasteiger partial charge in [-0.05, 0) is 37.3 Å². The molecule has 0 bridgehead atoms. The lowest BCUT2D eigenvalue weighted by molar-refractivity contribution is -0.143. The summed E-state index contributed by atoms with van der Waals surface area (Å²) in [6, 6.07) is 11.4. The van der Waals surface area contributed by atoms with Crippen LogP contribution in [0.1, 0.15) is 32.6 Å². The second-order valence-electron chi connectivity index (χ2n) is 5.00. The van der Waals surface area contributed by atoms with Crippen molar-refractivity contribution in [3.8, 4) is 0 Å². The second kappa shape index (κ2) is 7.62. The van der Waals surface area contributed by atoms with Crippen molar-refractivity contribution in [1.82, 2.24) is 4.57 Å². The summed E-state index contributed by atoms with van der Waals surface area (Å²) in [5.41, 5.74) is 0.995. The Hall–Kier alpha value is -2.10. The average Bonchev–Trinajstić information content (AvgIpc) is 2.49. The monoisotopic (exact) mass is 287 g/mol. The summed E-state index contributed by atoms with van der Waals surface area (Å²) in [5.74, 6) is -0.139. The Kier molecular flexibility index (Phi) is 5.55. The van der Waals surface area contributed by atoms with Crippen molar-refractivity contribution < 1.29 is 9.53 Å². The lowest BCUT2D eigenvalue weighted by atomic mass is 10.1. The predicted molar refractivity (Wildman–Crippen MR) is 83.3 cm³/mol. The molecule has 0 saturated heterocycles. The first-order chi connectivity index (χ1) is 10.2. The maximum Gasteiger partial charge on any atom is 0.305 e. The fraction of sp³-hybridized carbons (Fsp3) is 0.412. The number of hydrogen-bond acceptors (Lipinski definition) is 3. The van der Waals surface area contributed by atoms with Crippen LogP contribution in [0.15, 0.2) is 41.2 Å². The molecule has 21 heavy (non-hydrogen) atoms. The Morgan fingerprint density at radius 2 is 1.90 bits per heavy atom. The Bertz CT molecular complexity index is 660. The van der Waals surface area contributed by atoms with E-state index in [2.05, 4.69) is 0 Å². The molecular formula is C17H21NO3. The van der Waals surface area contributed by atoms with Gasteiger partial charge in [0.25, 0.3) is 5.56 Å². The van der Waals surface area contributed by atoms with Crippen LogP contribution in [0.2, 0.25) is 0 Å². The van der Waals surface area contributed by atoms with Crippen LogP contribution in [-0.4, -0.2) is 17.1 Å². The normalized spacial score (nSPS) is 10.7.